The zero-order valence-electron chi connectivity index (χ0n) is 12.6. The molecule has 0 saturated heterocycles. The van der Waals surface area contributed by atoms with E-state index in [9.17, 15) is 14.7 Å². The molecule has 0 aromatic carbocycles. The van der Waals surface area contributed by atoms with Crippen LogP contribution < -0.4 is 10.6 Å². The van der Waals surface area contributed by atoms with Crippen molar-refractivity contribution < 1.29 is 14.7 Å². The quantitative estimate of drug-likeness (QED) is 0.727. The van der Waals surface area contributed by atoms with E-state index in [1.54, 1.807) is 12.1 Å². The smallest absolute Gasteiger partial charge is 0.252 e. The molecular weight excluding hydrogens is 282 g/mol. The molecule has 120 valence electrons. The SMILES string of the molecule is O=C(NC(CO)C(=O)NCC1CCCCC1)c1ccncc1. The first-order valence-electron chi connectivity index (χ1n) is 7.80. The van der Waals surface area contributed by atoms with E-state index < -0.39 is 18.6 Å². The Morgan fingerprint density at radius 1 is 1.23 bits per heavy atom. The van der Waals surface area contributed by atoms with E-state index in [1.807, 2.05) is 0 Å². The van der Waals surface area contributed by atoms with Gasteiger partial charge < -0.3 is 15.7 Å². The first-order valence-corrected chi connectivity index (χ1v) is 7.80. The Morgan fingerprint density at radius 3 is 2.55 bits per heavy atom. The molecule has 2 rings (SSSR count). The van der Waals surface area contributed by atoms with Crippen LogP contribution in [0, 0.1) is 5.92 Å². The lowest BCUT2D eigenvalue weighted by atomic mass is 9.89. The summed E-state index contributed by atoms with van der Waals surface area (Å²) in [4.78, 5) is 27.9. The van der Waals surface area contributed by atoms with Gasteiger partial charge in [-0.3, -0.25) is 14.6 Å². The summed E-state index contributed by atoms with van der Waals surface area (Å²) in [7, 11) is 0. The molecule has 2 amide bonds. The molecule has 0 radical (unpaired) electrons. The Morgan fingerprint density at radius 2 is 1.91 bits per heavy atom. The largest absolute Gasteiger partial charge is 0.394 e. The molecule has 0 spiro atoms. The van der Waals surface area contributed by atoms with Gasteiger partial charge in [0, 0.05) is 24.5 Å². The molecule has 0 bridgehead atoms. The number of hydrogen-bond acceptors (Lipinski definition) is 4. The number of aromatic nitrogens is 1. The highest BCUT2D eigenvalue weighted by molar-refractivity contribution is 5.97. The number of carbonyl (C=O) groups excluding carboxylic acids is 2. The van der Waals surface area contributed by atoms with Crippen LogP contribution >= 0.6 is 0 Å². The average Bonchev–Trinajstić information content (AvgIpc) is 2.59. The van der Waals surface area contributed by atoms with Gasteiger partial charge in [0.2, 0.25) is 5.91 Å². The summed E-state index contributed by atoms with van der Waals surface area (Å²) in [5.41, 5.74) is 0.411. The van der Waals surface area contributed by atoms with E-state index in [2.05, 4.69) is 15.6 Å². The van der Waals surface area contributed by atoms with Crippen molar-refractivity contribution in [2.24, 2.45) is 5.92 Å². The van der Waals surface area contributed by atoms with Crippen molar-refractivity contribution in [3.05, 3.63) is 30.1 Å². The second kappa shape index (κ2) is 8.48. The third kappa shape index (κ3) is 4.80. The fourth-order valence-corrected chi connectivity index (χ4v) is 2.70. The Kier molecular flexibility index (Phi) is 6.33. The second-order valence-electron chi connectivity index (χ2n) is 5.69. The summed E-state index contributed by atoms with van der Waals surface area (Å²) in [6.45, 7) is 0.188. The predicted octanol–water partition coefficient (Wildman–Crippen LogP) is 0.869. The second-order valence-corrected chi connectivity index (χ2v) is 5.69. The van der Waals surface area contributed by atoms with E-state index in [-0.39, 0.29) is 5.91 Å². The van der Waals surface area contributed by atoms with Crippen LogP contribution in [0.2, 0.25) is 0 Å². The van der Waals surface area contributed by atoms with Gasteiger partial charge >= 0.3 is 0 Å². The molecule has 1 fully saturated rings. The number of aliphatic hydroxyl groups excluding tert-OH is 1. The van der Waals surface area contributed by atoms with Crippen molar-refractivity contribution in [1.82, 2.24) is 15.6 Å². The molecule has 22 heavy (non-hydrogen) atoms. The van der Waals surface area contributed by atoms with Crippen molar-refractivity contribution in [2.45, 2.75) is 38.1 Å². The normalized spacial score (nSPS) is 16.8. The maximum atomic E-state index is 12.1. The van der Waals surface area contributed by atoms with Crippen molar-refractivity contribution in [2.75, 3.05) is 13.2 Å². The number of rotatable bonds is 6. The van der Waals surface area contributed by atoms with Crippen LogP contribution in [0.5, 0.6) is 0 Å². The van der Waals surface area contributed by atoms with Gasteiger partial charge in [-0.25, -0.2) is 0 Å². The van der Waals surface area contributed by atoms with Crippen molar-refractivity contribution >= 4 is 11.8 Å². The molecule has 1 aromatic rings. The number of amides is 2. The maximum Gasteiger partial charge on any atom is 0.252 e. The van der Waals surface area contributed by atoms with Crippen molar-refractivity contribution in [1.29, 1.82) is 0 Å². The molecule has 1 saturated carbocycles. The summed E-state index contributed by atoms with van der Waals surface area (Å²) in [5.74, 6) is -0.224. The van der Waals surface area contributed by atoms with Gasteiger partial charge in [-0.2, -0.15) is 0 Å². The topological polar surface area (TPSA) is 91.3 Å². The highest BCUT2D eigenvalue weighted by Crippen LogP contribution is 2.22. The Labute approximate surface area is 130 Å². The zero-order valence-corrected chi connectivity index (χ0v) is 12.6. The molecule has 1 aromatic heterocycles. The van der Waals surface area contributed by atoms with Gasteiger partial charge in [-0.15, -0.1) is 0 Å². The van der Waals surface area contributed by atoms with Gasteiger partial charge in [0.05, 0.1) is 6.61 Å². The monoisotopic (exact) mass is 305 g/mol. The summed E-state index contributed by atoms with van der Waals surface area (Å²) in [6, 6.07) is 2.19. The van der Waals surface area contributed by atoms with Gasteiger partial charge in [-0.1, -0.05) is 19.3 Å². The Hall–Kier alpha value is -1.95. The van der Waals surface area contributed by atoms with Crippen LogP contribution in [0.25, 0.3) is 0 Å². The number of aliphatic hydroxyl groups is 1. The third-order valence-electron chi connectivity index (χ3n) is 4.04. The molecule has 1 unspecified atom stereocenters. The van der Waals surface area contributed by atoms with Gasteiger partial charge in [0.1, 0.15) is 6.04 Å². The standard InChI is InChI=1S/C16H23N3O3/c20-11-14(19-15(21)13-6-8-17-9-7-13)16(22)18-10-12-4-2-1-3-5-12/h6-9,12,14,20H,1-5,10-11H2,(H,18,22)(H,19,21). The molecule has 3 N–H and O–H groups in total. The molecule has 1 aliphatic carbocycles. The minimum Gasteiger partial charge on any atom is -0.394 e. The van der Waals surface area contributed by atoms with Crippen LogP contribution in [0.4, 0.5) is 0 Å². The Balaban J connectivity index is 1.82. The molecular formula is C16H23N3O3. The van der Waals surface area contributed by atoms with Crippen molar-refractivity contribution in [3.8, 4) is 0 Å². The third-order valence-corrected chi connectivity index (χ3v) is 4.04. The lowest BCUT2D eigenvalue weighted by molar-refractivity contribution is -0.124. The van der Waals surface area contributed by atoms with Gasteiger partial charge in [0.15, 0.2) is 0 Å². The molecule has 1 atom stereocenters. The minimum atomic E-state index is -0.927. The number of nitrogens with zero attached hydrogens (tertiary/aromatic N) is 1. The van der Waals surface area contributed by atoms with Gasteiger partial charge in [-0.05, 0) is 30.9 Å². The summed E-state index contributed by atoms with van der Waals surface area (Å²) >= 11 is 0. The average molecular weight is 305 g/mol. The zero-order chi connectivity index (χ0) is 15.8. The van der Waals surface area contributed by atoms with Crippen LogP contribution in [-0.4, -0.2) is 41.1 Å². The molecule has 6 nitrogen and oxygen atoms in total. The number of carbonyl (C=O) groups is 2. The number of hydrogen-bond donors (Lipinski definition) is 3. The lowest BCUT2D eigenvalue weighted by Crippen LogP contribution is -2.49. The molecule has 1 aliphatic rings. The van der Waals surface area contributed by atoms with Crippen LogP contribution in [0.15, 0.2) is 24.5 Å². The highest BCUT2D eigenvalue weighted by atomic mass is 16.3. The fraction of sp³-hybridized carbons (Fsp3) is 0.562. The van der Waals surface area contributed by atoms with Crippen molar-refractivity contribution in [3.63, 3.8) is 0 Å². The fourth-order valence-electron chi connectivity index (χ4n) is 2.70. The van der Waals surface area contributed by atoms with E-state index in [0.717, 1.165) is 12.8 Å². The van der Waals surface area contributed by atoms with E-state index >= 15 is 0 Å². The van der Waals surface area contributed by atoms with Crippen LogP contribution in [0.3, 0.4) is 0 Å². The van der Waals surface area contributed by atoms with E-state index in [1.165, 1.54) is 31.7 Å². The molecule has 6 heteroatoms. The van der Waals surface area contributed by atoms with Gasteiger partial charge in [0.25, 0.3) is 5.91 Å². The van der Waals surface area contributed by atoms with Crippen LogP contribution in [0.1, 0.15) is 42.5 Å². The minimum absolute atomic E-state index is 0.338. The Bertz CT molecular complexity index is 487. The first kappa shape index (κ1) is 16.4. The van der Waals surface area contributed by atoms with E-state index in [0.29, 0.717) is 18.0 Å². The lowest BCUT2D eigenvalue weighted by Gasteiger charge is -2.23. The first-order chi connectivity index (χ1) is 10.7. The highest BCUT2D eigenvalue weighted by Gasteiger charge is 2.22. The number of pyridine rings is 1. The number of nitrogens with one attached hydrogen (secondary N) is 2. The molecule has 1 heterocycles. The van der Waals surface area contributed by atoms with E-state index in [4.69, 9.17) is 0 Å². The summed E-state index contributed by atoms with van der Waals surface area (Å²) in [5, 5.41) is 14.7. The van der Waals surface area contributed by atoms with Crippen LogP contribution in [-0.2, 0) is 4.79 Å². The maximum absolute atomic E-state index is 12.1. The summed E-state index contributed by atoms with van der Waals surface area (Å²) < 4.78 is 0. The summed E-state index contributed by atoms with van der Waals surface area (Å²) in [6.07, 6.45) is 8.97. The predicted molar refractivity (Wildman–Crippen MR) is 82.2 cm³/mol. The molecule has 0 aliphatic heterocycles.